The van der Waals surface area contributed by atoms with E-state index in [4.69, 9.17) is 21.1 Å². The normalized spacial score (nSPS) is 33.2. The van der Waals surface area contributed by atoms with Gasteiger partial charge in [0.1, 0.15) is 23.7 Å². The molecule has 40 heavy (non-hydrogen) atoms. The molecular formula is C29H34ClN3O7. The van der Waals surface area contributed by atoms with E-state index >= 15 is 0 Å². The van der Waals surface area contributed by atoms with Gasteiger partial charge in [-0.05, 0) is 38.3 Å². The standard InChI is InChI=1S/C29H34ClN3O7/c1-17-8-5-9-19(30)24(17)32-13-6-12-29-23(26(36)33(14-7-15-34)25(29)27(32)37)22-20(40-29)10-3-4-11-21(35)31-16-18(2)39-28(22)38/h3,5-6,8-10,12,18,20,22-23,25,34H,4,7,11,13-16H2,1-2H3,(H,31,35)/b10-3-/t18-,20-,22+,23+,25-,29+/m1/s1. The van der Waals surface area contributed by atoms with Gasteiger partial charge in [0.05, 0.1) is 29.3 Å². The molecule has 0 saturated carbocycles. The molecule has 4 aliphatic rings. The molecule has 6 atom stereocenters. The Hall–Kier alpha value is -3.21. The minimum Gasteiger partial charge on any atom is -0.460 e. The number of cyclic esters (lactones) is 1. The Balaban J connectivity index is 1.60. The van der Waals surface area contributed by atoms with Crippen molar-refractivity contribution in [2.24, 2.45) is 11.8 Å². The summed E-state index contributed by atoms with van der Waals surface area (Å²) < 4.78 is 12.3. The molecular weight excluding hydrogens is 538 g/mol. The summed E-state index contributed by atoms with van der Waals surface area (Å²) in [5, 5.41) is 12.7. The summed E-state index contributed by atoms with van der Waals surface area (Å²) in [6, 6.07) is 4.28. The zero-order chi connectivity index (χ0) is 28.6. The number of aliphatic hydroxyl groups is 1. The lowest BCUT2D eigenvalue weighted by Gasteiger charge is -2.35. The summed E-state index contributed by atoms with van der Waals surface area (Å²) in [5.74, 6) is -3.59. The first-order chi connectivity index (χ1) is 19.2. The molecule has 11 heteroatoms. The second-order valence-electron chi connectivity index (χ2n) is 10.7. The number of nitrogens with zero attached hydrogens (tertiary/aromatic N) is 2. The van der Waals surface area contributed by atoms with Gasteiger partial charge in [0, 0.05) is 26.1 Å². The number of carbonyl (C=O) groups is 4. The molecule has 2 N–H and O–H groups in total. The minimum absolute atomic E-state index is 0.112. The van der Waals surface area contributed by atoms with Gasteiger partial charge in [-0.1, -0.05) is 48.0 Å². The number of hydrogen-bond donors (Lipinski definition) is 2. The number of ether oxygens (including phenoxy) is 2. The van der Waals surface area contributed by atoms with E-state index in [0.717, 1.165) is 5.56 Å². The number of para-hydroxylation sites is 1. The molecule has 0 aliphatic carbocycles. The molecule has 2 saturated heterocycles. The van der Waals surface area contributed by atoms with E-state index < -0.39 is 47.6 Å². The van der Waals surface area contributed by atoms with Crippen molar-refractivity contribution >= 4 is 41.0 Å². The molecule has 1 spiro atoms. The minimum atomic E-state index is -1.44. The van der Waals surface area contributed by atoms with Gasteiger partial charge in [0.15, 0.2) is 0 Å². The molecule has 4 aliphatic heterocycles. The van der Waals surface area contributed by atoms with Crippen LogP contribution in [-0.4, -0.2) is 83.8 Å². The van der Waals surface area contributed by atoms with E-state index in [0.29, 0.717) is 17.1 Å². The third-order valence-corrected chi connectivity index (χ3v) is 8.35. The van der Waals surface area contributed by atoms with Gasteiger partial charge in [-0.25, -0.2) is 0 Å². The maximum Gasteiger partial charge on any atom is 0.313 e. The predicted octanol–water partition coefficient (Wildman–Crippen LogP) is 1.91. The second-order valence-corrected chi connectivity index (χ2v) is 11.1. The highest BCUT2D eigenvalue weighted by Crippen LogP contribution is 2.53. The average molecular weight is 572 g/mol. The molecule has 3 amide bonds. The summed E-state index contributed by atoms with van der Waals surface area (Å²) in [7, 11) is 0. The monoisotopic (exact) mass is 571 g/mol. The first-order valence-corrected chi connectivity index (χ1v) is 14.0. The topological polar surface area (TPSA) is 125 Å². The fourth-order valence-corrected chi connectivity index (χ4v) is 6.63. The van der Waals surface area contributed by atoms with Gasteiger partial charge in [-0.15, -0.1) is 0 Å². The van der Waals surface area contributed by atoms with Crippen LogP contribution in [0.2, 0.25) is 5.02 Å². The molecule has 5 rings (SSSR count). The number of hydrogen-bond acceptors (Lipinski definition) is 7. The first-order valence-electron chi connectivity index (χ1n) is 13.7. The highest BCUT2D eigenvalue weighted by atomic mass is 35.5. The Kier molecular flexibility index (Phi) is 8.03. The molecule has 0 aromatic heterocycles. The van der Waals surface area contributed by atoms with E-state index in [1.54, 1.807) is 48.3 Å². The van der Waals surface area contributed by atoms with Crippen LogP contribution in [0.25, 0.3) is 0 Å². The first kappa shape index (κ1) is 28.3. The number of nitrogens with one attached hydrogen (secondary N) is 1. The largest absolute Gasteiger partial charge is 0.460 e. The Morgan fingerprint density at radius 3 is 2.73 bits per heavy atom. The number of rotatable bonds is 4. The van der Waals surface area contributed by atoms with Crippen molar-refractivity contribution in [3.63, 3.8) is 0 Å². The van der Waals surface area contributed by atoms with Crippen LogP contribution in [0.5, 0.6) is 0 Å². The summed E-state index contributed by atoms with van der Waals surface area (Å²) in [6.45, 7) is 3.81. The lowest BCUT2D eigenvalue weighted by atomic mass is 9.78. The third kappa shape index (κ3) is 4.82. The molecule has 1 aromatic rings. The number of likely N-dealkylation sites (tertiary alicyclic amines) is 1. The Labute approximate surface area is 237 Å². The van der Waals surface area contributed by atoms with Crippen molar-refractivity contribution in [2.75, 3.05) is 31.1 Å². The van der Waals surface area contributed by atoms with Crippen LogP contribution in [0.15, 0.2) is 42.5 Å². The van der Waals surface area contributed by atoms with Gasteiger partial charge < -0.3 is 29.7 Å². The van der Waals surface area contributed by atoms with Crippen LogP contribution in [-0.2, 0) is 28.7 Å². The maximum absolute atomic E-state index is 14.4. The zero-order valence-corrected chi connectivity index (χ0v) is 23.3. The summed E-state index contributed by atoms with van der Waals surface area (Å²) >= 11 is 6.56. The van der Waals surface area contributed by atoms with Crippen molar-refractivity contribution < 1.29 is 33.8 Å². The molecule has 10 nitrogen and oxygen atoms in total. The van der Waals surface area contributed by atoms with Crippen LogP contribution in [0.3, 0.4) is 0 Å². The number of anilines is 1. The number of aryl methyl sites for hydroxylation is 1. The highest BCUT2D eigenvalue weighted by molar-refractivity contribution is 6.34. The number of esters is 1. The van der Waals surface area contributed by atoms with Crippen LogP contribution >= 0.6 is 11.6 Å². The SMILES string of the molecule is Cc1cccc(Cl)c1N1CC=C[C@]23O[C@@H]4/C=C\CCC(=O)NC[C@@H](C)OC(=O)[C@@H]4[C@H]2C(=O)N(CCCO)[C@@H]3C1=O. The molecule has 214 valence electrons. The lowest BCUT2D eigenvalue weighted by Crippen LogP contribution is -2.55. The maximum atomic E-state index is 14.4. The van der Waals surface area contributed by atoms with E-state index in [2.05, 4.69) is 5.32 Å². The molecule has 1 aromatic carbocycles. The smallest absolute Gasteiger partial charge is 0.313 e. The Morgan fingerprint density at radius 2 is 1.98 bits per heavy atom. The van der Waals surface area contributed by atoms with Crippen molar-refractivity contribution in [1.29, 1.82) is 0 Å². The number of benzene rings is 1. The van der Waals surface area contributed by atoms with E-state index in [1.807, 2.05) is 13.0 Å². The van der Waals surface area contributed by atoms with Crippen LogP contribution in [0.1, 0.15) is 31.7 Å². The number of aliphatic hydroxyl groups excluding tert-OH is 1. The quantitative estimate of drug-likeness (QED) is 0.418. The van der Waals surface area contributed by atoms with Crippen LogP contribution < -0.4 is 10.2 Å². The van der Waals surface area contributed by atoms with Crippen LogP contribution in [0.4, 0.5) is 5.69 Å². The highest BCUT2D eigenvalue weighted by Gasteiger charge is 2.71. The number of fused-ring (bicyclic) bond motifs is 2. The summed E-state index contributed by atoms with van der Waals surface area (Å²) in [6.07, 6.45) is 6.44. The van der Waals surface area contributed by atoms with Crippen molar-refractivity contribution in [1.82, 2.24) is 10.2 Å². The molecule has 4 heterocycles. The summed E-state index contributed by atoms with van der Waals surface area (Å²) in [4.78, 5) is 57.3. The number of amides is 3. The number of allylic oxidation sites excluding steroid dienone is 1. The van der Waals surface area contributed by atoms with E-state index in [1.165, 1.54) is 4.90 Å². The van der Waals surface area contributed by atoms with Gasteiger partial charge in [-0.2, -0.15) is 0 Å². The van der Waals surface area contributed by atoms with E-state index in [9.17, 15) is 24.3 Å². The van der Waals surface area contributed by atoms with Crippen molar-refractivity contribution in [3.8, 4) is 0 Å². The zero-order valence-electron chi connectivity index (χ0n) is 22.5. The molecule has 0 radical (unpaired) electrons. The second kappa shape index (κ2) is 11.3. The van der Waals surface area contributed by atoms with Gasteiger partial charge in [-0.3, -0.25) is 19.2 Å². The van der Waals surface area contributed by atoms with Crippen LogP contribution in [0, 0.1) is 18.8 Å². The Bertz CT molecular complexity index is 1250. The fraction of sp³-hybridized carbons (Fsp3) is 0.517. The van der Waals surface area contributed by atoms with Gasteiger partial charge >= 0.3 is 5.97 Å². The summed E-state index contributed by atoms with van der Waals surface area (Å²) in [5.41, 5.74) is -0.0992. The Morgan fingerprint density at radius 1 is 1.18 bits per heavy atom. The molecule has 2 fully saturated rings. The number of carbonyl (C=O) groups excluding carboxylic acids is 4. The van der Waals surface area contributed by atoms with Gasteiger partial charge in [0.2, 0.25) is 11.8 Å². The number of halogens is 1. The van der Waals surface area contributed by atoms with Crippen molar-refractivity contribution in [3.05, 3.63) is 53.1 Å². The lowest BCUT2D eigenvalue weighted by molar-refractivity contribution is -0.158. The third-order valence-electron chi connectivity index (χ3n) is 8.05. The fourth-order valence-electron chi connectivity index (χ4n) is 6.31. The van der Waals surface area contributed by atoms with E-state index in [-0.39, 0.29) is 50.9 Å². The van der Waals surface area contributed by atoms with Crippen molar-refractivity contribution in [2.45, 2.75) is 57.0 Å². The molecule has 0 unspecified atom stereocenters. The average Bonchev–Trinajstić information content (AvgIpc) is 3.29. The predicted molar refractivity (Wildman–Crippen MR) is 146 cm³/mol. The molecule has 0 bridgehead atoms. The van der Waals surface area contributed by atoms with Gasteiger partial charge in [0.25, 0.3) is 5.91 Å².